The summed E-state index contributed by atoms with van der Waals surface area (Å²) in [6.07, 6.45) is 0. The van der Waals surface area contributed by atoms with Gasteiger partial charge >= 0.3 is 0 Å². The number of hydrogen-bond acceptors (Lipinski definition) is 3. The molecule has 0 spiro atoms. The molecule has 6 heteroatoms. The van der Waals surface area contributed by atoms with E-state index < -0.39 is 5.76 Å². The SMILES string of the molecule is Cc1cccc(Nc2ccccc2C(=O)Nc2cccc(SC(F)F)c2)c1. The Morgan fingerprint density at radius 2 is 1.67 bits per heavy atom. The molecule has 1 amide bonds. The van der Waals surface area contributed by atoms with Gasteiger partial charge in [-0.2, -0.15) is 8.78 Å². The van der Waals surface area contributed by atoms with Crippen LogP contribution in [0.3, 0.4) is 0 Å². The van der Waals surface area contributed by atoms with Gasteiger partial charge in [0.1, 0.15) is 0 Å². The first-order valence-corrected chi connectivity index (χ1v) is 9.18. The fraction of sp³-hybridized carbons (Fsp3) is 0.0952. The van der Waals surface area contributed by atoms with E-state index in [1.54, 1.807) is 30.3 Å². The second-order valence-corrected chi connectivity index (χ2v) is 6.96. The smallest absolute Gasteiger partial charge is 0.288 e. The molecule has 0 bridgehead atoms. The Bertz CT molecular complexity index is 947. The first kappa shape index (κ1) is 18.9. The molecule has 0 atom stereocenters. The largest absolute Gasteiger partial charge is 0.355 e. The van der Waals surface area contributed by atoms with Crippen molar-refractivity contribution in [3.05, 3.63) is 83.9 Å². The van der Waals surface area contributed by atoms with Crippen molar-refractivity contribution in [3.63, 3.8) is 0 Å². The predicted octanol–water partition coefficient (Wildman–Crippen LogP) is 6.31. The number of nitrogens with one attached hydrogen (secondary N) is 2. The minimum Gasteiger partial charge on any atom is -0.355 e. The zero-order valence-electron chi connectivity index (χ0n) is 14.6. The summed E-state index contributed by atoms with van der Waals surface area (Å²) in [5.41, 5.74) is 3.58. The summed E-state index contributed by atoms with van der Waals surface area (Å²) in [7, 11) is 0. The molecule has 0 aliphatic carbocycles. The summed E-state index contributed by atoms with van der Waals surface area (Å²) in [6, 6.07) is 21.4. The normalized spacial score (nSPS) is 10.7. The number of rotatable bonds is 6. The van der Waals surface area contributed by atoms with Crippen LogP contribution in [0.4, 0.5) is 25.8 Å². The average Bonchev–Trinajstić information content (AvgIpc) is 2.62. The van der Waals surface area contributed by atoms with E-state index in [4.69, 9.17) is 0 Å². The maximum atomic E-state index is 12.7. The van der Waals surface area contributed by atoms with Crippen molar-refractivity contribution < 1.29 is 13.6 Å². The van der Waals surface area contributed by atoms with Gasteiger partial charge in [0.05, 0.1) is 11.3 Å². The van der Waals surface area contributed by atoms with Crippen molar-refractivity contribution in [3.8, 4) is 0 Å². The molecule has 138 valence electrons. The molecular weight excluding hydrogens is 366 g/mol. The highest BCUT2D eigenvalue weighted by Crippen LogP contribution is 2.28. The number of alkyl halides is 2. The van der Waals surface area contributed by atoms with Crippen LogP contribution in [-0.2, 0) is 0 Å². The lowest BCUT2D eigenvalue weighted by molar-refractivity contribution is 0.102. The number of anilines is 3. The van der Waals surface area contributed by atoms with Crippen molar-refractivity contribution in [2.45, 2.75) is 17.6 Å². The molecule has 0 aliphatic heterocycles. The van der Waals surface area contributed by atoms with E-state index in [-0.39, 0.29) is 5.91 Å². The summed E-state index contributed by atoms with van der Waals surface area (Å²) in [5, 5.41) is 6.03. The van der Waals surface area contributed by atoms with E-state index in [0.717, 1.165) is 11.3 Å². The molecule has 2 N–H and O–H groups in total. The number of carbonyl (C=O) groups excluding carboxylic acids is 1. The number of halogens is 2. The van der Waals surface area contributed by atoms with Gasteiger partial charge in [0, 0.05) is 16.3 Å². The number of hydrogen-bond donors (Lipinski definition) is 2. The number of amides is 1. The van der Waals surface area contributed by atoms with Gasteiger partial charge < -0.3 is 10.6 Å². The molecule has 0 heterocycles. The minimum atomic E-state index is -2.50. The zero-order valence-corrected chi connectivity index (χ0v) is 15.4. The van der Waals surface area contributed by atoms with Gasteiger partial charge in [-0.15, -0.1) is 0 Å². The average molecular weight is 384 g/mol. The molecular formula is C21H18F2N2OS. The van der Waals surface area contributed by atoms with Crippen molar-refractivity contribution >= 4 is 34.7 Å². The Balaban J connectivity index is 1.79. The molecule has 0 saturated carbocycles. The van der Waals surface area contributed by atoms with Gasteiger partial charge in [0.2, 0.25) is 0 Å². The van der Waals surface area contributed by atoms with E-state index in [0.29, 0.717) is 33.6 Å². The molecule has 0 radical (unpaired) electrons. The van der Waals surface area contributed by atoms with Crippen LogP contribution in [-0.4, -0.2) is 11.7 Å². The molecule has 0 aliphatic rings. The van der Waals surface area contributed by atoms with Gasteiger partial charge in [-0.1, -0.05) is 42.1 Å². The van der Waals surface area contributed by atoms with Crippen molar-refractivity contribution in [2.75, 3.05) is 10.6 Å². The monoisotopic (exact) mass is 384 g/mol. The van der Waals surface area contributed by atoms with E-state index in [2.05, 4.69) is 10.6 Å². The Morgan fingerprint density at radius 3 is 2.44 bits per heavy atom. The number of para-hydroxylation sites is 1. The minimum absolute atomic E-state index is 0.315. The molecule has 3 rings (SSSR count). The summed E-state index contributed by atoms with van der Waals surface area (Å²) < 4.78 is 25.1. The standard InChI is InChI=1S/C21H18F2N2OS/c1-14-6-4-7-15(12-14)24-19-11-3-2-10-18(19)20(26)25-16-8-5-9-17(13-16)27-21(22)23/h2-13,21,24H,1H3,(H,25,26). The number of thioether (sulfide) groups is 1. The molecule has 0 saturated heterocycles. The second kappa shape index (κ2) is 8.68. The van der Waals surface area contributed by atoms with E-state index in [9.17, 15) is 13.6 Å². The highest BCUT2D eigenvalue weighted by molar-refractivity contribution is 7.99. The number of carbonyl (C=O) groups is 1. The maximum absolute atomic E-state index is 12.7. The highest BCUT2D eigenvalue weighted by Gasteiger charge is 2.12. The van der Waals surface area contributed by atoms with Crippen LogP contribution in [0.25, 0.3) is 0 Å². The molecule has 3 nitrogen and oxygen atoms in total. The third-order valence-electron chi connectivity index (χ3n) is 3.79. The van der Waals surface area contributed by atoms with Crippen molar-refractivity contribution in [2.24, 2.45) is 0 Å². The van der Waals surface area contributed by atoms with E-state index >= 15 is 0 Å². The predicted molar refractivity (Wildman–Crippen MR) is 107 cm³/mol. The molecule has 3 aromatic rings. The van der Waals surface area contributed by atoms with Crippen molar-refractivity contribution in [1.29, 1.82) is 0 Å². The number of benzene rings is 3. The summed E-state index contributed by atoms with van der Waals surface area (Å²) >= 11 is 0.445. The first-order chi connectivity index (χ1) is 13.0. The van der Waals surface area contributed by atoms with E-state index in [1.165, 1.54) is 6.07 Å². The number of aryl methyl sites for hydroxylation is 1. The van der Waals surface area contributed by atoms with Crippen LogP contribution < -0.4 is 10.6 Å². The van der Waals surface area contributed by atoms with Crippen LogP contribution in [0, 0.1) is 6.92 Å². The fourth-order valence-corrected chi connectivity index (χ4v) is 3.17. The molecule has 0 unspecified atom stereocenters. The summed E-state index contributed by atoms with van der Waals surface area (Å²) in [5.74, 6) is -2.82. The zero-order chi connectivity index (χ0) is 19.2. The second-order valence-electron chi connectivity index (χ2n) is 5.90. The Hall–Kier alpha value is -2.86. The van der Waals surface area contributed by atoms with Crippen LogP contribution in [0.2, 0.25) is 0 Å². The lowest BCUT2D eigenvalue weighted by atomic mass is 10.1. The molecule has 3 aromatic carbocycles. The first-order valence-electron chi connectivity index (χ1n) is 8.30. The lowest BCUT2D eigenvalue weighted by Crippen LogP contribution is -2.13. The third-order valence-corrected chi connectivity index (χ3v) is 4.49. The summed E-state index contributed by atoms with van der Waals surface area (Å²) in [6.45, 7) is 1.99. The quantitative estimate of drug-likeness (QED) is 0.490. The Kier molecular flexibility index (Phi) is 6.08. The van der Waals surface area contributed by atoms with Gasteiger partial charge in [0.15, 0.2) is 0 Å². The van der Waals surface area contributed by atoms with Gasteiger partial charge in [-0.05, 0) is 55.0 Å². The van der Waals surface area contributed by atoms with Gasteiger partial charge in [0.25, 0.3) is 11.7 Å². The molecule has 0 fully saturated rings. The Labute approximate surface area is 160 Å². The lowest BCUT2D eigenvalue weighted by Gasteiger charge is -2.13. The topological polar surface area (TPSA) is 41.1 Å². The Morgan fingerprint density at radius 1 is 0.926 bits per heavy atom. The molecule has 27 heavy (non-hydrogen) atoms. The van der Waals surface area contributed by atoms with Crippen LogP contribution >= 0.6 is 11.8 Å². The molecule has 0 aromatic heterocycles. The maximum Gasteiger partial charge on any atom is 0.288 e. The third kappa shape index (κ3) is 5.31. The highest BCUT2D eigenvalue weighted by atomic mass is 32.2. The van der Waals surface area contributed by atoms with Crippen molar-refractivity contribution in [1.82, 2.24) is 0 Å². The van der Waals surface area contributed by atoms with Crippen LogP contribution in [0.5, 0.6) is 0 Å². The van der Waals surface area contributed by atoms with Gasteiger partial charge in [-0.25, -0.2) is 0 Å². The fourth-order valence-electron chi connectivity index (χ4n) is 2.62. The summed E-state index contributed by atoms with van der Waals surface area (Å²) in [4.78, 5) is 13.1. The van der Waals surface area contributed by atoms with Crippen LogP contribution in [0.1, 0.15) is 15.9 Å². The van der Waals surface area contributed by atoms with Gasteiger partial charge in [-0.3, -0.25) is 4.79 Å². The van der Waals surface area contributed by atoms with E-state index in [1.807, 2.05) is 43.3 Å². The van der Waals surface area contributed by atoms with Crippen LogP contribution in [0.15, 0.2) is 77.7 Å².